The van der Waals surface area contributed by atoms with Crippen LogP contribution < -0.4 is 0 Å². The Morgan fingerprint density at radius 1 is 1.15 bits per heavy atom. The summed E-state index contributed by atoms with van der Waals surface area (Å²) >= 11 is 6.06. The largest absolute Gasteiger partial charge is 0.309 e. The molecule has 1 aromatic carbocycles. The second kappa shape index (κ2) is 6.49. The highest BCUT2D eigenvalue weighted by atomic mass is 35.5. The Kier molecular flexibility index (Phi) is 5.14. The summed E-state index contributed by atoms with van der Waals surface area (Å²) in [6.07, 6.45) is 5.50. The third-order valence-corrected chi connectivity index (χ3v) is 4.98. The van der Waals surface area contributed by atoms with Gasteiger partial charge in [0.1, 0.15) is 0 Å². The maximum atomic E-state index is 6.06. The van der Waals surface area contributed by atoms with E-state index in [0.717, 1.165) is 17.5 Å². The van der Waals surface area contributed by atoms with Crippen LogP contribution in [0, 0.1) is 11.3 Å². The van der Waals surface area contributed by atoms with Crippen LogP contribution in [0.5, 0.6) is 0 Å². The van der Waals surface area contributed by atoms with E-state index in [2.05, 4.69) is 45.0 Å². The molecule has 1 atom stereocenters. The summed E-state index contributed by atoms with van der Waals surface area (Å²) in [6.45, 7) is 5.84. The zero-order chi connectivity index (χ0) is 14.8. The third-order valence-electron chi connectivity index (χ3n) is 4.72. The first-order chi connectivity index (χ1) is 9.43. The smallest absolute Gasteiger partial charge is 0.0406 e. The van der Waals surface area contributed by atoms with E-state index in [9.17, 15) is 0 Å². The lowest BCUT2D eigenvalue weighted by molar-refractivity contribution is 0.0506. The number of benzene rings is 1. The van der Waals surface area contributed by atoms with Gasteiger partial charge >= 0.3 is 0 Å². The zero-order valence-corrected chi connectivity index (χ0v) is 14.1. The van der Waals surface area contributed by atoms with Gasteiger partial charge in [-0.25, -0.2) is 0 Å². The molecule has 2 rings (SSSR count). The molecule has 112 valence electrons. The Morgan fingerprint density at radius 3 is 2.15 bits per heavy atom. The van der Waals surface area contributed by atoms with Crippen molar-refractivity contribution in [2.45, 2.75) is 45.4 Å². The summed E-state index contributed by atoms with van der Waals surface area (Å²) in [5.41, 5.74) is 1.97. The van der Waals surface area contributed by atoms with E-state index in [1.165, 1.54) is 31.2 Å². The minimum absolute atomic E-state index is 0.506. The van der Waals surface area contributed by atoms with Crippen molar-refractivity contribution in [2.75, 3.05) is 20.6 Å². The molecule has 2 heteroatoms. The fraction of sp³-hybridized carbons (Fsp3) is 0.667. The summed E-state index contributed by atoms with van der Waals surface area (Å²) in [5, 5.41) is 0.837. The molecule has 0 bridgehead atoms. The van der Waals surface area contributed by atoms with Gasteiger partial charge in [-0.1, -0.05) is 44.0 Å². The lowest BCUT2D eigenvalue weighted by atomic mass is 9.56. The Morgan fingerprint density at radius 2 is 1.75 bits per heavy atom. The van der Waals surface area contributed by atoms with Crippen LogP contribution >= 0.6 is 11.6 Å². The molecule has 20 heavy (non-hydrogen) atoms. The molecule has 1 nitrogen and oxygen atoms in total. The summed E-state index contributed by atoms with van der Waals surface area (Å²) < 4.78 is 0. The molecule has 1 unspecified atom stereocenters. The van der Waals surface area contributed by atoms with Crippen LogP contribution in [-0.2, 0) is 0 Å². The van der Waals surface area contributed by atoms with E-state index in [0.29, 0.717) is 11.3 Å². The maximum absolute atomic E-state index is 6.06. The highest BCUT2D eigenvalue weighted by molar-refractivity contribution is 6.30. The first-order valence-electron chi connectivity index (χ1n) is 7.83. The van der Waals surface area contributed by atoms with Gasteiger partial charge in [-0.05, 0) is 62.4 Å². The molecule has 1 aliphatic carbocycles. The van der Waals surface area contributed by atoms with Gasteiger partial charge < -0.3 is 4.90 Å². The predicted octanol–water partition coefficient (Wildman–Crippen LogP) is 5.20. The Hall–Kier alpha value is -0.530. The number of halogens is 1. The van der Waals surface area contributed by atoms with Gasteiger partial charge in [0.05, 0.1) is 0 Å². The van der Waals surface area contributed by atoms with Gasteiger partial charge in [0.2, 0.25) is 0 Å². The van der Waals surface area contributed by atoms with Gasteiger partial charge in [0.15, 0.2) is 0 Å². The first kappa shape index (κ1) is 15.9. The number of rotatable bonds is 6. The van der Waals surface area contributed by atoms with Crippen LogP contribution in [0.1, 0.15) is 51.0 Å². The Bertz CT molecular complexity index is 418. The molecule has 0 aromatic heterocycles. The molecule has 1 saturated carbocycles. The molecule has 1 fully saturated rings. The van der Waals surface area contributed by atoms with Gasteiger partial charge in [0.25, 0.3) is 0 Å². The van der Waals surface area contributed by atoms with E-state index in [1.807, 2.05) is 12.1 Å². The predicted molar refractivity (Wildman–Crippen MR) is 88.5 cm³/mol. The van der Waals surface area contributed by atoms with E-state index < -0.39 is 0 Å². The fourth-order valence-electron chi connectivity index (χ4n) is 3.85. The molecule has 0 aliphatic heterocycles. The SMILES string of the molecule is CC(C)CC1(C(CN(C)C)c2ccc(Cl)cc2)CCC1. The maximum Gasteiger partial charge on any atom is 0.0406 e. The van der Waals surface area contributed by atoms with Crippen LogP contribution in [0.2, 0.25) is 5.02 Å². The first-order valence-corrected chi connectivity index (χ1v) is 8.21. The molecule has 0 N–H and O–H groups in total. The van der Waals surface area contributed by atoms with E-state index in [1.54, 1.807) is 0 Å². The zero-order valence-electron chi connectivity index (χ0n) is 13.3. The molecule has 0 amide bonds. The van der Waals surface area contributed by atoms with Crippen molar-refractivity contribution in [3.8, 4) is 0 Å². The van der Waals surface area contributed by atoms with E-state index in [4.69, 9.17) is 11.6 Å². The van der Waals surface area contributed by atoms with Gasteiger partial charge in [-0.15, -0.1) is 0 Å². The highest BCUT2D eigenvalue weighted by Gasteiger charge is 2.44. The van der Waals surface area contributed by atoms with E-state index in [-0.39, 0.29) is 0 Å². The lowest BCUT2D eigenvalue weighted by Gasteiger charge is -2.50. The second-order valence-electron chi connectivity index (χ2n) is 7.18. The molecule has 1 aliphatic rings. The van der Waals surface area contributed by atoms with Crippen molar-refractivity contribution < 1.29 is 0 Å². The standard InChI is InChI=1S/C18H28ClN/c1-14(2)12-18(10-5-11-18)17(13-20(3)4)15-6-8-16(19)9-7-15/h6-9,14,17H,5,10-13H2,1-4H3. The monoisotopic (exact) mass is 293 g/mol. The lowest BCUT2D eigenvalue weighted by Crippen LogP contribution is -2.41. The average Bonchev–Trinajstić information content (AvgIpc) is 2.32. The molecule has 0 saturated heterocycles. The third kappa shape index (κ3) is 3.56. The van der Waals surface area contributed by atoms with Gasteiger partial charge in [-0.3, -0.25) is 0 Å². The Labute approximate surface area is 129 Å². The van der Waals surface area contributed by atoms with Gasteiger partial charge in [0, 0.05) is 17.5 Å². The van der Waals surface area contributed by atoms with Crippen molar-refractivity contribution >= 4 is 11.6 Å². The summed E-state index contributed by atoms with van der Waals surface area (Å²) in [6, 6.07) is 8.55. The highest BCUT2D eigenvalue weighted by Crippen LogP contribution is 2.55. The average molecular weight is 294 g/mol. The summed E-state index contributed by atoms with van der Waals surface area (Å²) in [5.74, 6) is 1.40. The fourth-order valence-corrected chi connectivity index (χ4v) is 3.98. The molecular weight excluding hydrogens is 266 g/mol. The van der Waals surface area contributed by atoms with Crippen LogP contribution in [-0.4, -0.2) is 25.5 Å². The molecule has 1 aromatic rings. The van der Waals surface area contributed by atoms with Crippen LogP contribution in [0.25, 0.3) is 0 Å². The second-order valence-corrected chi connectivity index (χ2v) is 7.62. The van der Waals surface area contributed by atoms with Crippen molar-refractivity contribution in [3.05, 3.63) is 34.9 Å². The molecule has 0 radical (unpaired) electrons. The van der Waals surface area contributed by atoms with Crippen LogP contribution in [0.3, 0.4) is 0 Å². The van der Waals surface area contributed by atoms with Crippen molar-refractivity contribution in [2.24, 2.45) is 11.3 Å². The minimum atomic E-state index is 0.506. The quantitative estimate of drug-likeness (QED) is 0.696. The molecule has 0 heterocycles. The van der Waals surface area contributed by atoms with Crippen LogP contribution in [0.15, 0.2) is 24.3 Å². The number of hydrogen-bond donors (Lipinski definition) is 0. The normalized spacial score (nSPS) is 19.1. The van der Waals surface area contributed by atoms with Crippen molar-refractivity contribution in [1.82, 2.24) is 4.90 Å². The number of likely N-dealkylation sites (N-methyl/N-ethyl adjacent to an activating group) is 1. The van der Waals surface area contributed by atoms with E-state index >= 15 is 0 Å². The van der Waals surface area contributed by atoms with Crippen molar-refractivity contribution in [3.63, 3.8) is 0 Å². The van der Waals surface area contributed by atoms with Gasteiger partial charge in [-0.2, -0.15) is 0 Å². The topological polar surface area (TPSA) is 3.24 Å². The number of hydrogen-bond acceptors (Lipinski definition) is 1. The summed E-state index contributed by atoms with van der Waals surface area (Å²) in [7, 11) is 4.37. The number of nitrogens with zero attached hydrogens (tertiary/aromatic N) is 1. The van der Waals surface area contributed by atoms with Crippen LogP contribution in [0.4, 0.5) is 0 Å². The minimum Gasteiger partial charge on any atom is -0.309 e. The Balaban J connectivity index is 2.28. The molecule has 0 spiro atoms. The summed E-state index contributed by atoms with van der Waals surface area (Å²) in [4.78, 5) is 2.33. The van der Waals surface area contributed by atoms with Crippen molar-refractivity contribution in [1.29, 1.82) is 0 Å². The molecular formula is C18H28ClN.